The molecule has 0 bridgehead atoms. The summed E-state index contributed by atoms with van der Waals surface area (Å²) in [6.07, 6.45) is 0. The van der Waals surface area contributed by atoms with E-state index in [1.807, 2.05) is 42.5 Å². The number of hydrogen-bond acceptors (Lipinski definition) is 10. The van der Waals surface area contributed by atoms with Gasteiger partial charge in [-0.3, -0.25) is 10.1 Å². The highest BCUT2D eigenvalue weighted by Crippen LogP contribution is 2.31. The van der Waals surface area contributed by atoms with E-state index in [1.165, 1.54) is 17.4 Å². The van der Waals surface area contributed by atoms with E-state index in [1.54, 1.807) is 35.9 Å². The quantitative estimate of drug-likeness (QED) is 0.229. The Labute approximate surface area is 233 Å². The van der Waals surface area contributed by atoms with Crippen molar-refractivity contribution in [3.8, 4) is 17.8 Å². The summed E-state index contributed by atoms with van der Waals surface area (Å²) in [5.74, 6) is 0.714. The maximum absolute atomic E-state index is 12.6. The molecule has 0 saturated heterocycles. The van der Waals surface area contributed by atoms with Gasteiger partial charge in [-0.05, 0) is 54.6 Å². The number of rotatable bonds is 6. The lowest BCUT2D eigenvalue weighted by Gasteiger charge is -2.12. The van der Waals surface area contributed by atoms with Gasteiger partial charge in [-0.25, -0.2) is 4.98 Å². The second-order valence-corrected chi connectivity index (χ2v) is 10.3. The van der Waals surface area contributed by atoms with Crippen molar-refractivity contribution in [1.29, 1.82) is 5.26 Å². The van der Waals surface area contributed by atoms with Gasteiger partial charge in [0.1, 0.15) is 5.75 Å². The average molecular weight is 597 g/mol. The Kier molecular flexibility index (Phi) is 6.36. The third kappa shape index (κ3) is 5.13. The summed E-state index contributed by atoms with van der Waals surface area (Å²) in [5.41, 5.74) is 2.51. The second kappa shape index (κ2) is 10.1. The third-order valence-electron chi connectivity index (χ3n) is 5.77. The number of aryl methyl sites for hydroxylation is 1. The lowest BCUT2D eigenvalue weighted by molar-refractivity contribution is 0.445. The van der Waals surface area contributed by atoms with Crippen LogP contribution in [-0.2, 0) is 7.05 Å². The molecule has 0 aliphatic heterocycles. The van der Waals surface area contributed by atoms with Crippen LogP contribution in [0.4, 0.5) is 22.7 Å². The average Bonchev–Trinajstić information content (AvgIpc) is 3.33. The molecule has 12 heteroatoms. The predicted octanol–water partition coefficient (Wildman–Crippen LogP) is 6.25. The highest BCUT2D eigenvalue weighted by atomic mass is 79.9. The zero-order valence-corrected chi connectivity index (χ0v) is 22.6. The van der Waals surface area contributed by atoms with E-state index in [9.17, 15) is 4.79 Å². The van der Waals surface area contributed by atoms with Gasteiger partial charge in [-0.1, -0.05) is 39.4 Å². The zero-order valence-electron chi connectivity index (χ0n) is 20.2. The number of para-hydroxylation sites is 1. The molecule has 39 heavy (non-hydrogen) atoms. The molecule has 0 saturated carbocycles. The number of thiazole rings is 1. The van der Waals surface area contributed by atoms with Gasteiger partial charge in [0, 0.05) is 28.7 Å². The summed E-state index contributed by atoms with van der Waals surface area (Å²) in [7, 11) is 1.70. The first-order chi connectivity index (χ1) is 18.9. The van der Waals surface area contributed by atoms with E-state index in [0.29, 0.717) is 27.6 Å². The minimum Gasteiger partial charge on any atom is -0.423 e. The molecule has 0 aliphatic rings. The van der Waals surface area contributed by atoms with Gasteiger partial charge < -0.3 is 14.6 Å². The minimum absolute atomic E-state index is 0.0223. The lowest BCUT2D eigenvalue weighted by atomic mass is 10.2. The Hall–Kier alpha value is -4.86. The highest BCUT2D eigenvalue weighted by molar-refractivity contribution is 9.10. The maximum Gasteiger partial charge on any atom is 0.328 e. The summed E-state index contributed by atoms with van der Waals surface area (Å²) in [5, 5.41) is 16.7. The SMILES string of the molecule is Cn1c(=O)cc(Oc2nc(Nc3ccc(C#N)cc3)nc(Nc3nc4ccc(Br)cc4s3)n2)c2ccccc21. The number of nitriles is 1. The van der Waals surface area contributed by atoms with Crippen LogP contribution in [0.15, 0.2) is 82.1 Å². The standard InChI is InChI=1S/C27H17BrN8O2S/c1-36-20-5-3-2-4-18(20)21(13-23(36)37)38-26-33-24(30-17-9-6-15(14-29)7-10-17)32-25(34-26)35-27-31-19-11-8-16(28)12-22(19)39-27/h2-13H,1H3,(H2,30,31,32,33,34,35). The van der Waals surface area contributed by atoms with Gasteiger partial charge in [0.25, 0.3) is 5.56 Å². The largest absolute Gasteiger partial charge is 0.423 e. The van der Waals surface area contributed by atoms with Crippen LogP contribution in [0.5, 0.6) is 11.8 Å². The number of benzene rings is 3. The molecule has 3 aromatic heterocycles. The van der Waals surface area contributed by atoms with Gasteiger partial charge >= 0.3 is 6.01 Å². The molecule has 3 aromatic carbocycles. The third-order valence-corrected chi connectivity index (χ3v) is 7.20. The van der Waals surface area contributed by atoms with Gasteiger partial charge in [-0.2, -0.15) is 20.2 Å². The Morgan fingerprint density at radius 1 is 0.949 bits per heavy atom. The zero-order chi connectivity index (χ0) is 26.9. The number of halogens is 1. The fraction of sp³-hybridized carbons (Fsp3) is 0.0370. The predicted molar refractivity (Wildman–Crippen MR) is 154 cm³/mol. The van der Waals surface area contributed by atoms with Crippen LogP contribution < -0.4 is 20.9 Å². The number of fused-ring (bicyclic) bond motifs is 2. The lowest BCUT2D eigenvalue weighted by Crippen LogP contribution is -2.16. The van der Waals surface area contributed by atoms with Crippen LogP contribution >= 0.6 is 27.3 Å². The minimum atomic E-state index is -0.229. The van der Waals surface area contributed by atoms with E-state index in [4.69, 9.17) is 10.00 Å². The van der Waals surface area contributed by atoms with Crippen molar-refractivity contribution in [2.24, 2.45) is 7.05 Å². The molecule has 0 unspecified atom stereocenters. The van der Waals surface area contributed by atoms with Crippen molar-refractivity contribution in [2.45, 2.75) is 0 Å². The normalized spacial score (nSPS) is 10.9. The number of nitrogens with zero attached hydrogens (tertiary/aromatic N) is 6. The molecule has 6 aromatic rings. The van der Waals surface area contributed by atoms with Crippen LogP contribution in [0, 0.1) is 11.3 Å². The van der Waals surface area contributed by atoms with Gasteiger partial charge in [0.15, 0.2) is 5.13 Å². The fourth-order valence-corrected chi connectivity index (χ4v) is 5.29. The van der Waals surface area contributed by atoms with Gasteiger partial charge in [-0.15, -0.1) is 0 Å². The van der Waals surface area contributed by atoms with Crippen LogP contribution in [0.2, 0.25) is 0 Å². The molecule has 0 aliphatic carbocycles. The van der Waals surface area contributed by atoms with Gasteiger partial charge in [0.2, 0.25) is 11.9 Å². The number of aromatic nitrogens is 5. The number of anilines is 4. The molecule has 0 amide bonds. The first-order valence-corrected chi connectivity index (χ1v) is 13.2. The number of nitrogens with one attached hydrogen (secondary N) is 2. The molecule has 2 N–H and O–H groups in total. The van der Waals surface area contributed by atoms with Crippen LogP contribution in [-0.4, -0.2) is 24.5 Å². The Bertz CT molecular complexity index is 1960. The van der Waals surface area contributed by atoms with Crippen LogP contribution in [0.3, 0.4) is 0 Å². The van der Waals surface area contributed by atoms with Crippen LogP contribution in [0.25, 0.3) is 21.1 Å². The van der Waals surface area contributed by atoms with Gasteiger partial charge in [0.05, 0.1) is 27.4 Å². The summed E-state index contributed by atoms with van der Waals surface area (Å²) in [6.45, 7) is 0. The first-order valence-electron chi connectivity index (χ1n) is 11.6. The van der Waals surface area contributed by atoms with Crippen molar-refractivity contribution < 1.29 is 4.74 Å². The fourth-order valence-electron chi connectivity index (χ4n) is 3.88. The van der Waals surface area contributed by atoms with E-state index in [0.717, 1.165) is 20.1 Å². The molecular weight excluding hydrogens is 580 g/mol. The molecule has 0 fully saturated rings. The highest BCUT2D eigenvalue weighted by Gasteiger charge is 2.15. The van der Waals surface area contributed by atoms with E-state index < -0.39 is 0 Å². The molecule has 190 valence electrons. The molecular formula is C27H17BrN8O2S. The summed E-state index contributed by atoms with van der Waals surface area (Å²) in [6, 6.07) is 23.6. The summed E-state index contributed by atoms with van der Waals surface area (Å²) < 4.78 is 9.56. The van der Waals surface area contributed by atoms with Crippen LogP contribution in [0.1, 0.15) is 5.56 Å². The smallest absolute Gasteiger partial charge is 0.328 e. The Balaban J connectivity index is 1.40. The molecule has 0 radical (unpaired) electrons. The monoisotopic (exact) mass is 596 g/mol. The van der Waals surface area contributed by atoms with E-state index >= 15 is 0 Å². The Morgan fingerprint density at radius 2 is 1.72 bits per heavy atom. The van der Waals surface area contributed by atoms with E-state index in [-0.39, 0.29) is 23.5 Å². The molecule has 0 atom stereocenters. The molecule has 3 heterocycles. The summed E-state index contributed by atoms with van der Waals surface area (Å²) in [4.78, 5) is 30.6. The molecule has 6 rings (SSSR count). The Morgan fingerprint density at radius 3 is 2.51 bits per heavy atom. The number of pyridine rings is 1. The first kappa shape index (κ1) is 24.5. The van der Waals surface area contributed by atoms with E-state index in [2.05, 4.69) is 52.6 Å². The molecule has 10 nitrogen and oxygen atoms in total. The van der Waals surface area contributed by atoms with Crippen molar-refractivity contribution >= 4 is 71.1 Å². The number of ether oxygens (including phenoxy) is 1. The van der Waals surface area contributed by atoms with Crippen molar-refractivity contribution in [3.63, 3.8) is 0 Å². The van der Waals surface area contributed by atoms with Crippen molar-refractivity contribution in [1.82, 2.24) is 24.5 Å². The molecule has 0 spiro atoms. The maximum atomic E-state index is 12.6. The second-order valence-electron chi connectivity index (χ2n) is 8.36. The topological polar surface area (TPSA) is 131 Å². The number of hydrogen-bond donors (Lipinski definition) is 2. The van der Waals surface area contributed by atoms with Crippen molar-refractivity contribution in [2.75, 3.05) is 10.6 Å². The summed E-state index contributed by atoms with van der Waals surface area (Å²) >= 11 is 4.93. The van der Waals surface area contributed by atoms with Crippen molar-refractivity contribution in [3.05, 3.63) is 93.2 Å².